The van der Waals surface area contributed by atoms with E-state index in [1.54, 1.807) is 14.1 Å². The van der Waals surface area contributed by atoms with Gasteiger partial charge in [0.2, 0.25) is 0 Å². The van der Waals surface area contributed by atoms with Crippen molar-refractivity contribution in [3.8, 4) is 0 Å². The van der Waals surface area contributed by atoms with Crippen LogP contribution in [0.2, 0.25) is 0 Å². The molecular weight excluding hydrogens is 106 g/mol. The first-order valence-electron chi connectivity index (χ1n) is 2.24. The van der Waals surface area contributed by atoms with E-state index in [1.165, 1.54) is 4.90 Å². The second-order valence-corrected chi connectivity index (χ2v) is 1.79. The van der Waals surface area contributed by atoms with Crippen LogP contribution in [0, 0.1) is 5.41 Å². The Morgan fingerprint density at radius 2 is 2.12 bits per heavy atom. The zero-order valence-corrected chi connectivity index (χ0v) is 5.05. The molecule has 8 heavy (non-hydrogen) atoms. The monoisotopic (exact) mass is 117 g/mol. The SMILES string of the molecule is CN(C)C(O)C(=N)N. The number of rotatable bonds is 2. The molecule has 0 radical (unpaired) electrons. The van der Waals surface area contributed by atoms with Crippen molar-refractivity contribution >= 4 is 5.84 Å². The van der Waals surface area contributed by atoms with Crippen LogP contribution < -0.4 is 5.73 Å². The van der Waals surface area contributed by atoms with Gasteiger partial charge in [-0.15, -0.1) is 0 Å². The van der Waals surface area contributed by atoms with Crippen molar-refractivity contribution < 1.29 is 5.11 Å². The van der Waals surface area contributed by atoms with Crippen LogP contribution in [0.4, 0.5) is 0 Å². The van der Waals surface area contributed by atoms with Crippen LogP contribution in [0.15, 0.2) is 0 Å². The number of nitrogens with zero attached hydrogens (tertiary/aromatic N) is 1. The molecule has 0 saturated heterocycles. The van der Waals surface area contributed by atoms with Crippen molar-refractivity contribution in [2.75, 3.05) is 14.1 Å². The van der Waals surface area contributed by atoms with Crippen LogP contribution in [0.25, 0.3) is 0 Å². The Hall–Kier alpha value is -0.610. The van der Waals surface area contributed by atoms with Crippen LogP contribution in [-0.2, 0) is 0 Å². The topological polar surface area (TPSA) is 73.3 Å². The predicted octanol–water partition coefficient (Wildman–Crippen LogP) is -1.20. The molecule has 1 unspecified atom stereocenters. The van der Waals surface area contributed by atoms with E-state index < -0.39 is 6.23 Å². The minimum atomic E-state index is -0.935. The summed E-state index contributed by atoms with van der Waals surface area (Å²) in [5.74, 6) is -0.227. The van der Waals surface area contributed by atoms with Gasteiger partial charge in [0, 0.05) is 0 Å². The van der Waals surface area contributed by atoms with Crippen molar-refractivity contribution in [1.29, 1.82) is 5.41 Å². The smallest absolute Gasteiger partial charge is 0.164 e. The number of aliphatic hydroxyl groups excluding tert-OH is 1. The summed E-state index contributed by atoms with van der Waals surface area (Å²) in [7, 11) is 3.29. The highest BCUT2D eigenvalue weighted by Crippen LogP contribution is 1.82. The molecule has 4 heteroatoms. The van der Waals surface area contributed by atoms with Crippen LogP contribution in [-0.4, -0.2) is 36.2 Å². The van der Waals surface area contributed by atoms with Crippen LogP contribution in [0.1, 0.15) is 0 Å². The third-order valence-electron chi connectivity index (χ3n) is 0.767. The molecule has 0 aliphatic heterocycles. The van der Waals surface area contributed by atoms with Gasteiger partial charge in [-0.1, -0.05) is 0 Å². The minimum Gasteiger partial charge on any atom is -0.384 e. The molecule has 0 saturated carbocycles. The van der Waals surface area contributed by atoms with Crippen molar-refractivity contribution in [3.05, 3.63) is 0 Å². The summed E-state index contributed by atoms with van der Waals surface area (Å²) < 4.78 is 0. The summed E-state index contributed by atoms with van der Waals surface area (Å²) in [6.45, 7) is 0. The van der Waals surface area contributed by atoms with Gasteiger partial charge in [0.1, 0.15) is 5.84 Å². The minimum absolute atomic E-state index is 0.227. The second-order valence-electron chi connectivity index (χ2n) is 1.79. The number of nitrogens with one attached hydrogen (secondary N) is 1. The van der Waals surface area contributed by atoms with Crippen molar-refractivity contribution in [3.63, 3.8) is 0 Å². The van der Waals surface area contributed by atoms with E-state index in [-0.39, 0.29) is 5.84 Å². The molecule has 0 aliphatic rings. The molecule has 4 N–H and O–H groups in total. The lowest BCUT2D eigenvalue weighted by Gasteiger charge is -2.15. The maximum absolute atomic E-state index is 8.78. The fourth-order valence-corrected chi connectivity index (χ4v) is 0.278. The average molecular weight is 117 g/mol. The van der Waals surface area contributed by atoms with Gasteiger partial charge >= 0.3 is 0 Å². The van der Waals surface area contributed by atoms with Gasteiger partial charge in [-0.05, 0) is 14.1 Å². The molecule has 0 rings (SSSR count). The van der Waals surface area contributed by atoms with Crippen LogP contribution in [0.3, 0.4) is 0 Å². The van der Waals surface area contributed by atoms with Crippen molar-refractivity contribution in [2.24, 2.45) is 5.73 Å². The van der Waals surface area contributed by atoms with Gasteiger partial charge in [-0.2, -0.15) is 0 Å². The lowest BCUT2D eigenvalue weighted by Crippen LogP contribution is -2.39. The molecule has 4 nitrogen and oxygen atoms in total. The van der Waals surface area contributed by atoms with E-state index in [9.17, 15) is 0 Å². The van der Waals surface area contributed by atoms with E-state index in [0.29, 0.717) is 0 Å². The Balaban J connectivity index is 3.64. The molecule has 0 aromatic carbocycles. The molecule has 0 aromatic rings. The van der Waals surface area contributed by atoms with Gasteiger partial charge in [-0.25, -0.2) is 0 Å². The van der Waals surface area contributed by atoms with Gasteiger partial charge in [0.05, 0.1) is 0 Å². The van der Waals surface area contributed by atoms with Crippen molar-refractivity contribution in [1.82, 2.24) is 4.90 Å². The first kappa shape index (κ1) is 7.39. The third-order valence-corrected chi connectivity index (χ3v) is 0.767. The standard InChI is InChI=1S/C4H11N3O/c1-7(2)4(8)3(5)6/h4,8H,1-2H3,(H3,5,6). The quantitative estimate of drug-likeness (QED) is 0.242. The van der Waals surface area contributed by atoms with Gasteiger partial charge < -0.3 is 10.8 Å². The zero-order chi connectivity index (χ0) is 6.73. The Labute approximate surface area is 48.4 Å². The largest absolute Gasteiger partial charge is 0.384 e. The highest BCUT2D eigenvalue weighted by molar-refractivity contribution is 5.80. The maximum atomic E-state index is 8.78. The lowest BCUT2D eigenvalue weighted by atomic mass is 10.5. The Morgan fingerprint density at radius 3 is 2.12 bits per heavy atom. The third kappa shape index (κ3) is 1.90. The van der Waals surface area contributed by atoms with Crippen LogP contribution in [0.5, 0.6) is 0 Å². The molecule has 0 heterocycles. The fraction of sp³-hybridized carbons (Fsp3) is 0.750. The lowest BCUT2D eigenvalue weighted by molar-refractivity contribution is 0.0991. The van der Waals surface area contributed by atoms with Gasteiger partial charge in [-0.3, -0.25) is 10.3 Å². The average Bonchev–Trinajstić information content (AvgIpc) is 1.64. The number of nitrogens with two attached hydrogens (primary N) is 1. The van der Waals surface area contributed by atoms with Crippen molar-refractivity contribution in [2.45, 2.75) is 6.23 Å². The number of hydrogen-bond donors (Lipinski definition) is 3. The zero-order valence-electron chi connectivity index (χ0n) is 5.05. The predicted molar refractivity (Wildman–Crippen MR) is 31.6 cm³/mol. The highest BCUT2D eigenvalue weighted by Gasteiger charge is 2.07. The van der Waals surface area contributed by atoms with E-state index >= 15 is 0 Å². The Bertz CT molecular complexity index is 91.3. The molecule has 0 aliphatic carbocycles. The molecule has 0 bridgehead atoms. The fourth-order valence-electron chi connectivity index (χ4n) is 0.278. The summed E-state index contributed by atoms with van der Waals surface area (Å²) in [5, 5.41) is 15.5. The summed E-state index contributed by atoms with van der Waals surface area (Å²) in [6, 6.07) is 0. The summed E-state index contributed by atoms with van der Waals surface area (Å²) >= 11 is 0. The molecule has 0 fully saturated rings. The molecule has 0 aromatic heterocycles. The molecular formula is C4H11N3O. The first-order chi connectivity index (χ1) is 3.55. The molecule has 48 valence electrons. The number of amidine groups is 1. The Morgan fingerprint density at radius 1 is 1.75 bits per heavy atom. The highest BCUT2D eigenvalue weighted by atomic mass is 16.3. The number of likely N-dealkylation sites (N-methyl/N-ethyl adjacent to an activating group) is 1. The van der Waals surface area contributed by atoms with E-state index in [1.807, 2.05) is 0 Å². The van der Waals surface area contributed by atoms with E-state index in [4.69, 9.17) is 16.2 Å². The number of hydrogen-bond acceptors (Lipinski definition) is 3. The summed E-state index contributed by atoms with van der Waals surface area (Å²) in [6.07, 6.45) is -0.935. The summed E-state index contributed by atoms with van der Waals surface area (Å²) in [5.41, 5.74) is 4.93. The van der Waals surface area contributed by atoms with E-state index in [2.05, 4.69) is 0 Å². The normalized spacial score (nSPS) is 14.0. The van der Waals surface area contributed by atoms with Crippen LogP contribution >= 0.6 is 0 Å². The maximum Gasteiger partial charge on any atom is 0.164 e. The number of aliphatic hydroxyl groups is 1. The summed E-state index contributed by atoms with van der Waals surface area (Å²) in [4.78, 5) is 1.45. The van der Waals surface area contributed by atoms with E-state index in [0.717, 1.165) is 0 Å². The second kappa shape index (κ2) is 2.64. The first-order valence-corrected chi connectivity index (χ1v) is 2.24. The Kier molecular flexibility index (Phi) is 2.44. The molecule has 1 atom stereocenters. The van der Waals surface area contributed by atoms with Gasteiger partial charge in [0.25, 0.3) is 0 Å². The van der Waals surface area contributed by atoms with Gasteiger partial charge in [0.15, 0.2) is 6.23 Å². The molecule has 0 spiro atoms. The molecule has 0 amide bonds.